The molecule has 5 nitrogen and oxygen atoms in total. The Balaban J connectivity index is 1.27. The summed E-state index contributed by atoms with van der Waals surface area (Å²) in [6.45, 7) is 3.63. The van der Waals surface area contributed by atoms with Gasteiger partial charge in [-0.05, 0) is 60.2 Å². The first kappa shape index (κ1) is 23.5. The fourth-order valence-electron chi connectivity index (χ4n) is 4.41. The standard InChI is InChI=1S/C29H30N2O3/c32-28(26-14-6-4-12-24(26)25-13-5-7-15-27(25)29(33)34)30-18-8-9-19-31-20-16-23(17-21-31)22-10-2-1-3-11-22/h1-7,10-16H,8-9,17-21H2,(H,30,32)(H,33,34). The number of rotatable bonds is 9. The van der Waals surface area contributed by atoms with Crippen molar-refractivity contribution in [3.05, 3.63) is 102 Å². The van der Waals surface area contributed by atoms with Crippen molar-refractivity contribution in [3.8, 4) is 11.1 Å². The van der Waals surface area contributed by atoms with Gasteiger partial charge in [-0.2, -0.15) is 0 Å². The van der Waals surface area contributed by atoms with Crippen molar-refractivity contribution in [1.29, 1.82) is 0 Å². The molecule has 0 unspecified atom stereocenters. The highest BCUT2D eigenvalue weighted by atomic mass is 16.4. The Bertz CT molecular complexity index is 1170. The molecule has 0 saturated heterocycles. The summed E-state index contributed by atoms with van der Waals surface area (Å²) in [6.07, 6.45) is 5.30. The first-order valence-corrected chi connectivity index (χ1v) is 11.8. The van der Waals surface area contributed by atoms with Gasteiger partial charge in [0.15, 0.2) is 0 Å². The number of carboxylic acid groups (broad SMARTS) is 1. The van der Waals surface area contributed by atoms with E-state index >= 15 is 0 Å². The highest BCUT2D eigenvalue weighted by Crippen LogP contribution is 2.27. The number of unbranched alkanes of at least 4 members (excludes halogenated alkanes) is 1. The maximum atomic E-state index is 12.9. The lowest BCUT2D eigenvalue weighted by Gasteiger charge is -2.26. The second kappa shape index (κ2) is 11.4. The number of amides is 1. The van der Waals surface area contributed by atoms with Gasteiger partial charge in [0, 0.05) is 25.2 Å². The van der Waals surface area contributed by atoms with Gasteiger partial charge >= 0.3 is 5.97 Å². The predicted molar refractivity (Wildman–Crippen MR) is 136 cm³/mol. The van der Waals surface area contributed by atoms with Gasteiger partial charge in [-0.1, -0.05) is 72.8 Å². The van der Waals surface area contributed by atoms with Crippen molar-refractivity contribution in [2.45, 2.75) is 19.3 Å². The van der Waals surface area contributed by atoms with E-state index in [4.69, 9.17) is 0 Å². The summed E-state index contributed by atoms with van der Waals surface area (Å²) < 4.78 is 0. The van der Waals surface area contributed by atoms with Crippen molar-refractivity contribution < 1.29 is 14.7 Å². The molecule has 0 radical (unpaired) electrons. The number of carbonyl (C=O) groups excluding carboxylic acids is 1. The molecule has 0 aliphatic carbocycles. The van der Waals surface area contributed by atoms with E-state index in [1.165, 1.54) is 11.1 Å². The lowest BCUT2D eigenvalue weighted by atomic mass is 9.95. The Hall–Kier alpha value is -3.70. The van der Waals surface area contributed by atoms with Crippen LogP contribution in [0.1, 0.15) is 45.5 Å². The molecule has 5 heteroatoms. The molecular formula is C29H30N2O3. The maximum absolute atomic E-state index is 12.9. The van der Waals surface area contributed by atoms with E-state index in [9.17, 15) is 14.7 Å². The molecule has 0 bridgehead atoms. The largest absolute Gasteiger partial charge is 0.478 e. The van der Waals surface area contributed by atoms with Crippen molar-refractivity contribution >= 4 is 17.4 Å². The predicted octanol–water partition coefficient (Wildman–Crippen LogP) is 5.35. The maximum Gasteiger partial charge on any atom is 0.336 e. The third-order valence-electron chi connectivity index (χ3n) is 6.24. The summed E-state index contributed by atoms with van der Waals surface area (Å²) in [4.78, 5) is 27.0. The van der Waals surface area contributed by atoms with Crippen molar-refractivity contribution in [3.63, 3.8) is 0 Å². The molecule has 3 aromatic rings. The number of nitrogens with one attached hydrogen (secondary N) is 1. The third-order valence-corrected chi connectivity index (χ3v) is 6.24. The van der Waals surface area contributed by atoms with Crippen LogP contribution in [0.15, 0.2) is 84.9 Å². The molecule has 34 heavy (non-hydrogen) atoms. The average molecular weight is 455 g/mol. The van der Waals surface area contributed by atoms with Gasteiger partial charge in [0.1, 0.15) is 0 Å². The Morgan fingerprint density at radius 3 is 2.15 bits per heavy atom. The van der Waals surface area contributed by atoms with Crippen LogP contribution in [0.4, 0.5) is 0 Å². The topological polar surface area (TPSA) is 69.6 Å². The minimum absolute atomic E-state index is 0.177. The first-order chi connectivity index (χ1) is 16.6. The van der Waals surface area contributed by atoms with Crippen LogP contribution < -0.4 is 5.32 Å². The summed E-state index contributed by atoms with van der Waals surface area (Å²) in [7, 11) is 0. The number of aromatic carboxylic acids is 1. The van der Waals surface area contributed by atoms with E-state index < -0.39 is 5.97 Å². The Labute approximate surface area is 200 Å². The molecule has 2 N–H and O–H groups in total. The van der Waals surface area contributed by atoms with Gasteiger partial charge in [0.2, 0.25) is 0 Å². The van der Waals surface area contributed by atoms with Crippen LogP contribution in [0.3, 0.4) is 0 Å². The number of carbonyl (C=O) groups is 2. The van der Waals surface area contributed by atoms with Crippen LogP contribution in [-0.4, -0.2) is 48.1 Å². The quantitative estimate of drug-likeness (QED) is 0.428. The fourth-order valence-corrected chi connectivity index (χ4v) is 4.41. The molecule has 3 aromatic carbocycles. The van der Waals surface area contributed by atoms with Gasteiger partial charge in [0.25, 0.3) is 5.91 Å². The molecule has 0 spiro atoms. The monoisotopic (exact) mass is 454 g/mol. The smallest absolute Gasteiger partial charge is 0.336 e. The Kier molecular flexibility index (Phi) is 7.89. The van der Waals surface area contributed by atoms with Crippen LogP contribution in [0.5, 0.6) is 0 Å². The van der Waals surface area contributed by atoms with Gasteiger partial charge in [0.05, 0.1) is 5.56 Å². The number of benzene rings is 3. The second-order valence-electron chi connectivity index (χ2n) is 8.51. The first-order valence-electron chi connectivity index (χ1n) is 11.8. The Morgan fingerprint density at radius 1 is 0.824 bits per heavy atom. The molecule has 0 atom stereocenters. The molecular weight excluding hydrogens is 424 g/mol. The van der Waals surface area contributed by atoms with Crippen LogP contribution in [0.2, 0.25) is 0 Å². The summed E-state index contributed by atoms with van der Waals surface area (Å²) in [5.41, 5.74) is 4.60. The van der Waals surface area contributed by atoms with Gasteiger partial charge in [-0.15, -0.1) is 0 Å². The fraction of sp³-hybridized carbons (Fsp3) is 0.241. The zero-order valence-electron chi connectivity index (χ0n) is 19.2. The second-order valence-corrected chi connectivity index (χ2v) is 8.51. The highest BCUT2D eigenvalue weighted by molar-refractivity contribution is 6.04. The van der Waals surface area contributed by atoms with Crippen LogP contribution in [0, 0.1) is 0 Å². The molecule has 0 saturated carbocycles. The molecule has 174 valence electrons. The lowest BCUT2D eigenvalue weighted by molar-refractivity contribution is 0.0697. The van der Waals surface area contributed by atoms with E-state index in [2.05, 4.69) is 40.6 Å². The highest BCUT2D eigenvalue weighted by Gasteiger charge is 2.17. The van der Waals surface area contributed by atoms with Gasteiger partial charge in [-0.3, -0.25) is 9.69 Å². The van der Waals surface area contributed by atoms with E-state index in [1.807, 2.05) is 12.1 Å². The Morgan fingerprint density at radius 2 is 1.47 bits per heavy atom. The summed E-state index contributed by atoms with van der Waals surface area (Å²) in [6, 6.07) is 24.5. The van der Waals surface area contributed by atoms with Crippen LogP contribution in [-0.2, 0) is 0 Å². The normalized spacial score (nSPS) is 13.8. The van der Waals surface area contributed by atoms with Crippen LogP contribution in [0.25, 0.3) is 16.7 Å². The molecule has 1 aliphatic heterocycles. The number of carboxylic acids is 1. The minimum Gasteiger partial charge on any atom is -0.478 e. The zero-order valence-corrected chi connectivity index (χ0v) is 19.2. The molecule has 1 aliphatic rings. The summed E-state index contributed by atoms with van der Waals surface area (Å²) in [5.74, 6) is -1.18. The number of hydrogen-bond acceptors (Lipinski definition) is 3. The number of hydrogen-bond donors (Lipinski definition) is 2. The van der Waals surface area contributed by atoms with Gasteiger partial charge < -0.3 is 10.4 Å². The molecule has 1 heterocycles. The number of nitrogens with zero attached hydrogens (tertiary/aromatic N) is 1. The molecule has 1 amide bonds. The lowest BCUT2D eigenvalue weighted by Crippen LogP contribution is -2.30. The van der Waals surface area contributed by atoms with E-state index in [-0.39, 0.29) is 11.5 Å². The van der Waals surface area contributed by atoms with E-state index in [1.54, 1.807) is 42.5 Å². The van der Waals surface area contributed by atoms with E-state index in [0.29, 0.717) is 23.2 Å². The molecule has 0 fully saturated rings. The van der Waals surface area contributed by atoms with Crippen molar-refractivity contribution in [2.75, 3.05) is 26.2 Å². The van der Waals surface area contributed by atoms with E-state index in [0.717, 1.165) is 38.9 Å². The van der Waals surface area contributed by atoms with Crippen LogP contribution >= 0.6 is 0 Å². The zero-order chi connectivity index (χ0) is 23.8. The third kappa shape index (κ3) is 5.80. The average Bonchev–Trinajstić information content (AvgIpc) is 2.89. The molecule has 4 rings (SSSR count). The van der Waals surface area contributed by atoms with Gasteiger partial charge in [-0.25, -0.2) is 4.79 Å². The van der Waals surface area contributed by atoms with Crippen molar-refractivity contribution in [1.82, 2.24) is 10.2 Å². The minimum atomic E-state index is -1.01. The molecule has 0 aromatic heterocycles. The van der Waals surface area contributed by atoms with Crippen molar-refractivity contribution in [2.24, 2.45) is 0 Å². The summed E-state index contributed by atoms with van der Waals surface area (Å²) in [5, 5.41) is 12.5. The summed E-state index contributed by atoms with van der Waals surface area (Å²) >= 11 is 0. The SMILES string of the molecule is O=C(O)c1ccccc1-c1ccccc1C(=O)NCCCCN1CC=C(c2ccccc2)CC1.